The second-order valence-corrected chi connectivity index (χ2v) is 3.27. The molecule has 0 heterocycles. The molecule has 0 saturated heterocycles. The molecule has 0 aliphatic carbocycles. The third-order valence-corrected chi connectivity index (χ3v) is 1.87. The highest BCUT2D eigenvalue weighted by Crippen LogP contribution is 2.10. The number of allylic oxidation sites excluding steroid dienone is 2. The molecule has 1 nitrogen and oxygen atoms in total. The fourth-order valence-electron chi connectivity index (χ4n) is 0.912. The molecule has 1 N–H and O–H groups in total. The van der Waals surface area contributed by atoms with Gasteiger partial charge < -0.3 is 5.11 Å². The molecule has 0 aliphatic rings. The highest BCUT2D eigenvalue weighted by molar-refractivity contribution is 5.07. The van der Waals surface area contributed by atoms with Crippen LogP contribution >= 0.6 is 0 Å². The van der Waals surface area contributed by atoms with Crippen molar-refractivity contribution < 1.29 is 5.11 Å². The zero-order chi connectivity index (χ0) is 9.40. The van der Waals surface area contributed by atoms with Crippen LogP contribution in [0.25, 0.3) is 0 Å². The van der Waals surface area contributed by atoms with Crippen molar-refractivity contribution in [3.63, 3.8) is 0 Å². The number of aliphatic hydroxyl groups excluding tert-OH is 1. The number of unbranched alkanes of at least 4 members (excludes halogenated alkanes) is 1. The first-order chi connectivity index (χ1) is 5.70. The molecule has 0 aliphatic heterocycles. The van der Waals surface area contributed by atoms with E-state index in [0.717, 1.165) is 18.4 Å². The van der Waals surface area contributed by atoms with Crippen LogP contribution in [0.3, 0.4) is 0 Å². The zero-order valence-corrected chi connectivity index (χ0v) is 8.27. The fourth-order valence-corrected chi connectivity index (χ4v) is 0.912. The minimum absolute atomic E-state index is 0.168. The molecule has 0 bridgehead atoms. The molecule has 0 aromatic carbocycles. The van der Waals surface area contributed by atoms with Crippen molar-refractivity contribution in [3.8, 4) is 0 Å². The average Bonchev–Trinajstić information content (AvgIpc) is 2.10. The van der Waals surface area contributed by atoms with E-state index in [-0.39, 0.29) is 6.61 Å². The molecule has 0 amide bonds. The zero-order valence-electron chi connectivity index (χ0n) is 8.27. The third kappa shape index (κ3) is 6.17. The van der Waals surface area contributed by atoms with Gasteiger partial charge in [0, 0.05) is 0 Å². The Morgan fingerprint density at radius 2 is 2.17 bits per heavy atom. The molecule has 0 rings (SSSR count). The third-order valence-electron chi connectivity index (χ3n) is 1.87. The fraction of sp³-hybridized carbons (Fsp3) is 0.636. The number of hydrogen-bond acceptors (Lipinski definition) is 1. The monoisotopic (exact) mass is 168 g/mol. The van der Waals surface area contributed by atoms with Crippen molar-refractivity contribution in [2.24, 2.45) is 0 Å². The maximum Gasteiger partial charge on any atom is 0.0639 e. The Hall–Kier alpha value is -0.560. The molecule has 0 fully saturated rings. The van der Waals surface area contributed by atoms with Crippen molar-refractivity contribution in [3.05, 3.63) is 23.8 Å². The van der Waals surface area contributed by atoms with Gasteiger partial charge in [0.15, 0.2) is 0 Å². The quantitative estimate of drug-likeness (QED) is 0.604. The summed E-state index contributed by atoms with van der Waals surface area (Å²) in [6.45, 7) is 8.26. The summed E-state index contributed by atoms with van der Waals surface area (Å²) < 4.78 is 0. The normalized spacial score (nSPS) is 11.8. The van der Waals surface area contributed by atoms with E-state index in [1.165, 1.54) is 18.4 Å². The van der Waals surface area contributed by atoms with Gasteiger partial charge in [-0.2, -0.15) is 0 Å². The molecule has 12 heavy (non-hydrogen) atoms. The predicted molar refractivity (Wildman–Crippen MR) is 54.1 cm³/mol. The first-order valence-corrected chi connectivity index (χ1v) is 4.63. The van der Waals surface area contributed by atoms with E-state index in [9.17, 15) is 0 Å². The van der Waals surface area contributed by atoms with Crippen LogP contribution in [0.2, 0.25) is 0 Å². The summed E-state index contributed by atoms with van der Waals surface area (Å²) >= 11 is 0. The summed E-state index contributed by atoms with van der Waals surface area (Å²) in [7, 11) is 0. The summed E-state index contributed by atoms with van der Waals surface area (Å²) in [4.78, 5) is 0. The van der Waals surface area contributed by atoms with Crippen molar-refractivity contribution in [1.82, 2.24) is 0 Å². The number of rotatable bonds is 6. The molecule has 1 heteroatoms. The van der Waals surface area contributed by atoms with Gasteiger partial charge in [-0.15, -0.1) is 0 Å². The van der Waals surface area contributed by atoms with Gasteiger partial charge in [0.25, 0.3) is 0 Å². The first-order valence-electron chi connectivity index (χ1n) is 4.63. The molecule has 0 atom stereocenters. The standard InChI is InChI=1S/C11H20O/c1-4-5-6-10(2)7-8-11(3)9-12/h8,12H,2,4-7,9H2,1,3H3. The SMILES string of the molecule is C=C(CC=C(C)CO)CCCC. The van der Waals surface area contributed by atoms with E-state index in [1.807, 2.05) is 6.92 Å². The van der Waals surface area contributed by atoms with E-state index in [4.69, 9.17) is 5.11 Å². The van der Waals surface area contributed by atoms with Crippen molar-refractivity contribution >= 4 is 0 Å². The van der Waals surface area contributed by atoms with Crippen molar-refractivity contribution in [2.75, 3.05) is 6.61 Å². The lowest BCUT2D eigenvalue weighted by Crippen LogP contribution is -1.85. The number of aliphatic hydroxyl groups is 1. The highest BCUT2D eigenvalue weighted by atomic mass is 16.3. The van der Waals surface area contributed by atoms with Gasteiger partial charge in [0.1, 0.15) is 0 Å². The smallest absolute Gasteiger partial charge is 0.0639 e. The lowest BCUT2D eigenvalue weighted by Gasteiger charge is -2.01. The predicted octanol–water partition coefficient (Wildman–Crippen LogP) is 3.06. The molecule has 0 aromatic heterocycles. The van der Waals surface area contributed by atoms with Gasteiger partial charge in [-0.3, -0.25) is 0 Å². The van der Waals surface area contributed by atoms with Crippen LogP contribution in [0.15, 0.2) is 23.8 Å². The van der Waals surface area contributed by atoms with Crippen LogP contribution in [0.5, 0.6) is 0 Å². The molecule has 0 saturated carbocycles. The Bertz CT molecular complexity index is 156. The van der Waals surface area contributed by atoms with Crippen LogP contribution < -0.4 is 0 Å². The molecule has 0 radical (unpaired) electrons. The Labute approximate surface area is 75.8 Å². The van der Waals surface area contributed by atoms with Gasteiger partial charge in [-0.05, 0) is 26.2 Å². The van der Waals surface area contributed by atoms with Gasteiger partial charge in [-0.25, -0.2) is 0 Å². The minimum atomic E-state index is 0.168. The summed E-state index contributed by atoms with van der Waals surface area (Å²) in [5, 5.41) is 8.73. The summed E-state index contributed by atoms with van der Waals surface area (Å²) in [6.07, 6.45) is 6.54. The minimum Gasteiger partial charge on any atom is -0.392 e. The highest BCUT2D eigenvalue weighted by Gasteiger charge is 1.91. The van der Waals surface area contributed by atoms with Gasteiger partial charge in [0.05, 0.1) is 6.61 Å². The summed E-state index contributed by atoms with van der Waals surface area (Å²) in [5.74, 6) is 0. The van der Waals surface area contributed by atoms with Crippen LogP contribution in [0.4, 0.5) is 0 Å². The Morgan fingerprint density at radius 1 is 1.50 bits per heavy atom. The molecular weight excluding hydrogens is 148 g/mol. The number of hydrogen-bond donors (Lipinski definition) is 1. The van der Waals surface area contributed by atoms with Crippen molar-refractivity contribution in [2.45, 2.75) is 39.5 Å². The van der Waals surface area contributed by atoms with E-state index >= 15 is 0 Å². The van der Waals surface area contributed by atoms with Crippen LogP contribution in [-0.2, 0) is 0 Å². The molecule has 0 spiro atoms. The maximum absolute atomic E-state index is 8.73. The summed E-state index contributed by atoms with van der Waals surface area (Å²) in [6, 6.07) is 0. The van der Waals surface area contributed by atoms with Crippen LogP contribution in [0.1, 0.15) is 39.5 Å². The first kappa shape index (κ1) is 11.4. The lowest BCUT2D eigenvalue weighted by molar-refractivity contribution is 0.331. The average molecular weight is 168 g/mol. The Morgan fingerprint density at radius 3 is 2.67 bits per heavy atom. The second-order valence-electron chi connectivity index (χ2n) is 3.27. The Kier molecular flexibility index (Phi) is 6.78. The molecular formula is C11H20O. The van der Waals surface area contributed by atoms with Crippen LogP contribution in [0, 0.1) is 0 Å². The summed E-state index contributed by atoms with van der Waals surface area (Å²) in [5.41, 5.74) is 2.30. The van der Waals surface area contributed by atoms with Crippen LogP contribution in [-0.4, -0.2) is 11.7 Å². The van der Waals surface area contributed by atoms with Gasteiger partial charge >= 0.3 is 0 Å². The topological polar surface area (TPSA) is 20.2 Å². The second kappa shape index (κ2) is 7.11. The van der Waals surface area contributed by atoms with E-state index < -0.39 is 0 Å². The molecule has 0 aromatic rings. The Balaban J connectivity index is 3.56. The molecule has 0 unspecified atom stereocenters. The van der Waals surface area contributed by atoms with E-state index in [2.05, 4.69) is 19.6 Å². The van der Waals surface area contributed by atoms with E-state index in [0.29, 0.717) is 0 Å². The molecule has 70 valence electrons. The van der Waals surface area contributed by atoms with Gasteiger partial charge in [-0.1, -0.05) is 37.1 Å². The lowest BCUT2D eigenvalue weighted by atomic mass is 10.1. The van der Waals surface area contributed by atoms with Gasteiger partial charge in [0.2, 0.25) is 0 Å². The maximum atomic E-state index is 8.73. The van der Waals surface area contributed by atoms with E-state index in [1.54, 1.807) is 0 Å². The van der Waals surface area contributed by atoms with Crippen molar-refractivity contribution in [1.29, 1.82) is 0 Å². The largest absolute Gasteiger partial charge is 0.392 e.